The molecule has 0 fully saturated rings. The number of nitrogens with zero attached hydrogens (tertiary/aromatic N) is 1. The Kier molecular flexibility index (Phi) is 3.12. The lowest BCUT2D eigenvalue weighted by Crippen LogP contribution is -2.53. The molecule has 0 aromatic carbocycles. The minimum Gasteiger partial charge on any atom is -0.384 e. The zero-order valence-corrected chi connectivity index (χ0v) is 9.15. The van der Waals surface area contributed by atoms with E-state index < -0.39 is 17.4 Å². The van der Waals surface area contributed by atoms with Gasteiger partial charge in [-0.1, -0.05) is 0 Å². The molecule has 6 heteroatoms. The van der Waals surface area contributed by atoms with Crippen LogP contribution in [-0.2, 0) is 4.79 Å². The molecule has 0 aliphatic heterocycles. The van der Waals surface area contributed by atoms with Crippen molar-refractivity contribution in [3.8, 4) is 0 Å². The van der Waals surface area contributed by atoms with Crippen molar-refractivity contribution in [3.05, 3.63) is 23.9 Å². The van der Waals surface area contributed by atoms with Crippen molar-refractivity contribution in [1.29, 1.82) is 0 Å². The molecule has 0 saturated carbocycles. The van der Waals surface area contributed by atoms with Crippen LogP contribution in [0.1, 0.15) is 24.2 Å². The van der Waals surface area contributed by atoms with Gasteiger partial charge >= 0.3 is 0 Å². The Balaban J connectivity index is 2.85. The normalized spacial score (nSPS) is 10.9. The molecule has 0 aliphatic rings. The summed E-state index contributed by atoms with van der Waals surface area (Å²) in [5.41, 5.74) is 9.81. The van der Waals surface area contributed by atoms with Crippen molar-refractivity contribution >= 4 is 17.6 Å². The molecule has 0 atom stereocenters. The van der Waals surface area contributed by atoms with E-state index in [1.54, 1.807) is 0 Å². The van der Waals surface area contributed by atoms with Gasteiger partial charge in [0, 0.05) is 11.8 Å². The Morgan fingerprint density at radius 3 is 2.56 bits per heavy atom. The number of aromatic nitrogens is 1. The molecule has 6 nitrogen and oxygen atoms in total. The van der Waals surface area contributed by atoms with Gasteiger partial charge in [-0.3, -0.25) is 9.59 Å². The standard InChI is InChI=1S/C10H14N4O2/c1-10(2,9(12)16)14-8(15)6-3-4-13-7(11)5-6/h3-5H,1-2H3,(H2,11,13)(H2,12,16)(H,14,15). The number of hydrogen-bond acceptors (Lipinski definition) is 4. The van der Waals surface area contributed by atoms with Crippen LogP contribution < -0.4 is 16.8 Å². The average molecular weight is 222 g/mol. The van der Waals surface area contributed by atoms with Gasteiger partial charge in [0.1, 0.15) is 11.4 Å². The Labute approximate surface area is 93.0 Å². The van der Waals surface area contributed by atoms with E-state index in [1.165, 1.54) is 32.2 Å². The maximum Gasteiger partial charge on any atom is 0.252 e. The molecular formula is C10H14N4O2. The summed E-state index contributed by atoms with van der Waals surface area (Å²) in [6, 6.07) is 2.93. The molecule has 0 saturated heterocycles. The summed E-state index contributed by atoms with van der Waals surface area (Å²) in [5, 5.41) is 2.50. The van der Waals surface area contributed by atoms with E-state index in [-0.39, 0.29) is 5.82 Å². The minimum absolute atomic E-state index is 0.240. The van der Waals surface area contributed by atoms with E-state index in [1.807, 2.05) is 0 Å². The van der Waals surface area contributed by atoms with Crippen LogP contribution in [0, 0.1) is 0 Å². The summed E-state index contributed by atoms with van der Waals surface area (Å²) < 4.78 is 0. The van der Waals surface area contributed by atoms with Crippen LogP contribution in [-0.4, -0.2) is 22.3 Å². The van der Waals surface area contributed by atoms with Gasteiger partial charge in [-0.15, -0.1) is 0 Å². The number of primary amides is 1. The van der Waals surface area contributed by atoms with Gasteiger partial charge in [0.05, 0.1) is 0 Å². The Hall–Kier alpha value is -2.11. The molecular weight excluding hydrogens is 208 g/mol. The molecule has 0 unspecified atom stereocenters. The van der Waals surface area contributed by atoms with Crippen LogP contribution in [0.3, 0.4) is 0 Å². The van der Waals surface area contributed by atoms with Gasteiger partial charge in [0.15, 0.2) is 0 Å². The summed E-state index contributed by atoms with van der Waals surface area (Å²) in [7, 11) is 0. The average Bonchev–Trinajstić information content (AvgIpc) is 2.16. The van der Waals surface area contributed by atoms with Crippen LogP contribution in [0.15, 0.2) is 18.3 Å². The third kappa shape index (κ3) is 2.69. The molecule has 0 aliphatic carbocycles. The van der Waals surface area contributed by atoms with Gasteiger partial charge in [-0.25, -0.2) is 4.98 Å². The number of hydrogen-bond donors (Lipinski definition) is 3. The number of nitrogens with one attached hydrogen (secondary N) is 1. The molecule has 2 amide bonds. The molecule has 1 aromatic heterocycles. The van der Waals surface area contributed by atoms with Crippen molar-refractivity contribution in [2.24, 2.45) is 5.73 Å². The van der Waals surface area contributed by atoms with Crippen molar-refractivity contribution in [2.75, 3.05) is 5.73 Å². The lowest BCUT2D eigenvalue weighted by Gasteiger charge is -2.22. The highest BCUT2D eigenvalue weighted by molar-refractivity contribution is 5.98. The van der Waals surface area contributed by atoms with Gasteiger partial charge in [0.25, 0.3) is 5.91 Å². The minimum atomic E-state index is -1.10. The van der Waals surface area contributed by atoms with E-state index in [4.69, 9.17) is 11.5 Å². The van der Waals surface area contributed by atoms with Gasteiger partial charge in [-0.2, -0.15) is 0 Å². The number of carbonyl (C=O) groups excluding carboxylic acids is 2. The van der Waals surface area contributed by atoms with Crippen molar-refractivity contribution < 1.29 is 9.59 Å². The SMILES string of the molecule is CC(C)(NC(=O)c1ccnc(N)c1)C(N)=O. The first-order valence-electron chi connectivity index (χ1n) is 4.67. The van der Waals surface area contributed by atoms with Gasteiger partial charge in [0.2, 0.25) is 5.91 Å². The lowest BCUT2D eigenvalue weighted by molar-refractivity contribution is -0.122. The summed E-state index contributed by atoms with van der Waals surface area (Å²) in [5.74, 6) is -0.787. The second-order valence-corrected chi connectivity index (χ2v) is 3.91. The van der Waals surface area contributed by atoms with Crippen molar-refractivity contribution in [2.45, 2.75) is 19.4 Å². The molecule has 5 N–H and O–H groups in total. The zero-order chi connectivity index (χ0) is 12.3. The third-order valence-corrected chi connectivity index (χ3v) is 2.09. The predicted octanol–water partition coefficient (Wildman–Crippen LogP) is -0.342. The highest BCUT2D eigenvalue weighted by atomic mass is 16.2. The fraction of sp³-hybridized carbons (Fsp3) is 0.300. The van der Waals surface area contributed by atoms with Crippen molar-refractivity contribution in [1.82, 2.24) is 10.3 Å². The summed E-state index contributed by atoms with van der Waals surface area (Å²) >= 11 is 0. The fourth-order valence-corrected chi connectivity index (χ4v) is 1.01. The number of amides is 2. The van der Waals surface area contributed by atoms with E-state index in [2.05, 4.69) is 10.3 Å². The number of rotatable bonds is 3. The van der Waals surface area contributed by atoms with E-state index in [0.717, 1.165) is 0 Å². The Bertz CT molecular complexity index is 429. The first kappa shape index (κ1) is 12.0. The predicted molar refractivity (Wildman–Crippen MR) is 59.4 cm³/mol. The first-order valence-corrected chi connectivity index (χ1v) is 4.67. The Morgan fingerprint density at radius 2 is 2.06 bits per heavy atom. The second-order valence-electron chi connectivity index (χ2n) is 3.91. The second kappa shape index (κ2) is 4.18. The molecule has 0 radical (unpaired) electrons. The van der Waals surface area contributed by atoms with Crippen LogP contribution in [0.2, 0.25) is 0 Å². The molecule has 86 valence electrons. The largest absolute Gasteiger partial charge is 0.384 e. The van der Waals surface area contributed by atoms with E-state index >= 15 is 0 Å². The van der Waals surface area contributed by atoms with Crippen LogP contribution in [0.25, 0.3) is 0 Å². The van der Waals surface area contributed by atoms with Crippen LogP contribution in [0.5, 0.6) is 0 Å². The number of carbonyl (C=O) groups is 2. The molecule has 0 bridgehead atoms. The monoisotopic (exact) mass is 222 g/mol. The topological polar surface area (TPSA) is 111 Å². The highest BCUT2D eigenvalue weighted by Crippen LogP contribution is 2.06. The fourth-order valence-electron chi connectivity index (χ4n) is 1.01. The first-order chi connectivity index (χ1) is 7.33. The smallest absolute Gasteiger partial charge is 0.252 e. The van der Waals surface area contributed by atoms with Gasteiger partial charge < -0.3 is 16.8 Å². The highest BCUT2D eigenvalue weighted by Gasteiger charge is 2.27. The summed E-state index contributed by atoms with van der Waals surface area (Å²) in [6.45, 7) is 3.05. The molecule has 1 rings (SSSR count). The maximum absolute atomic E-state index is 11.7. The van der Waals surface area contributed by atoms with E-state index in [0.29, 0.717) is 5.56 Å². The number of nitrogen functional groups attached to an aromatic ring is 1. The molecule has 1 heterocycles. The number of nitrogens with two attached hydrogens (primary N) is 2. The van der Waals surface area contributed by atoms with Crippen molar-refractivity contribution in [3.63, 3.8) is 0 Å². The third-order valence-electron chi connectivity index (χ3n) is 2.09. The molecule has 1 aromatic rings. The summed E-state index contributed by atoms with van der Waals surface area (Å²) in [6.07, 6.45) is 1.42. The summed E-state index contributed by atoms with van der Waals surface area (Å²) in [4.78, 5) is 26.5. The number of pyridine rings is 1. The lowest BCUT2D eigenvalue weighted by atomic mass is 10.0. The van der Waals surface area contributed by atoms with Crippen LogP contribution >= 0.6 is 0 Å². The van der Waals surface area contributed by atoms with Crippen LogP contribution in [0.4, 0.5) is 5.82 Å². The Morgan fingerprint density at radius 1 is 1.44 bits per heavy atom. The number of anilines is 1. The molecule has 0 spiro atoms. The molecule has 16 heavy (non-hydrogen) atoms. The van der Waals surface area contributed by atoms with E-state index in [9.17, 15) is 9.59 Å². The van der Waals surface area contributed by atoms with Gasteiger partial charge in [-0.05, 0) is 26.0 Å². The maximum atomic E-state index is 11.7. The quantitative estimate of drug-likeness (QED) is 0.649. The zero-order valence-electron chi connectivity index (χ0n) is 9.15.